The van der Waals surface area contributed by atoms with Crippen molar-refractivity contribution in [2.45, 2.75) is 6.54 Å². The number of non-ortho nitro benzene ring substituents is 1. The van der Waals surface area contributed by atoms with Gasteiger partial charge in [0.05, 0.1) is 17.1 Å². The quantitative estimate of drug-likeness (QED) is 0.679. The highest BCUT2D eigenvalue weighted by Crippen LogP contribution is 2.25. The number of hydrogen-bond donors (Lipinski definition) is 1. The molecule has 6 heteroatoms. The molecule has 2 rings (SSSR count). The monoisotopic (exact) mass is 264 g/mol. The van der Waals surface area contributed by atoms with Crippen LogP contribution in [0.4, 0.5) is 20.2 Å². The molecule has 0 aliphatic heterocycles. The predicted octanol–water partition coefficient (Wildman–Crippen LogP) is 3.49. The molecule has 0 aromatic heterocycles. The van der Waals surface area contributed by atoms with Gasteiger partial charge in [0.2, 0.25) is 0 Å². The fourth-order valence-corrected chi connectivity index (χ4v) is 1.62. The van der Waals surface area contributed by atoms with Crippen LogP contribution in [0.2, 0.25) is 0 Å². The first kappa shape index (κ1) is 12.9. The fourth-order valence-electron chi connectivity index (χ4n) is 1.62. The van der Waals surface area contributed by atoms with E-state index in [1.54, 1.807) is 24.3 Å². The Morgan fingerprint density at radius 3 is 2.21 bits per heavy atom. The molecule has 0 aliphatic carbocycles. The average Bonchev–Trinajstić information content (AvgIpc) is 2.38. The Bertz CT molecular complexity index is 580. The van der Waals surface area contributed by atoms with Crippen LogP contribution >= 0.6 is 0 Å². The lowest BCUT2D eigenvalue weighted by atomic mass is 10.2. The molecule has 0 saturated carbocycles. The zero-order valence-corrected chi connectivity index (χ0v) is 9.77. The van der Waals surface area contributed by atoms with E-state index in [1.807, 2.05) is 6.07 Å². The Hall–Kier alpha value is -2.50. The van der Waals surface area contributed by atoms with Gasteiger partial charge in [-0.1, -0.05) is 30.3 Å². The van der Waals surface area contributed by atoms with Crippen LogP contribution in [0.3, 0.4) is 0 Å². The van der Waals surface area contributed by atoms with Crippen molar-refractivity contribution < 1.29 is 13.7 Å². The van der Waals surface area contributed by atoms with Gasteiger partial charge in [0.25, 0.3) is 5.69 Å². The highest BCUT2D eigenvalue weighted by molar-refractivity contribution is 5.51. The summed E-state index contributed by atoms with van der Waals surface area (Å²) in [6.45, 7) is 0.229. The standard InChI is InChI=1S/C13H10F2N2O2/c14-11-6-10(17(18)19)7-12(15)13(11)16-8-9-4-2-1-3-5-9/h1-7,16H,8H2. The fraction of sp³-hybridized carbons (Fsp3) is 0.0769. The summed E-state index contributed by atoms with van der Waals surface area (Å²) in [5, 5.41) is 13.0. The lowest BCUT2D eigenvalue weighted by Gasteiger charge is -2.08. The average molecular weight is 264 g/mol. The number of nitrogens with one attached hydrogen (secondary N) is 1. The van der Waals surface area contributed by atoms with Gasteiger partial charge in [-0.05, 0) is 5.56 Å². The van der Waals surface area contributed by atoms with E-state index in [1.165, 1.54) is 0 Å². The highest BCUT2D eigenvalue weighted by atomic mass is 19.1. The number of anilines is 1. The third kappa shape index (κ3) is 3.04. The number of nitro benzene ring substituents is 1. The van der Waals surface area contributed by atoms with Gasteiger partial charge in [0.1, 0.15) is 5.69 Å². The summed E-state index contributed by atoms with van der Waals surface area (Å²) in [6, 6.07) is 10.4. The van der Waals surface area contributed by atoms with Crippen LogP contribution in [0.15, 0.2) is 42.5 Å². The van der Waals surface area contributed by atoms with Crippen LogP contribution in [-0.2, 0) is 6.54 Å². The van der Waals surface area contributed by atoms with Gasteiger partial charge in [0.15, 0.2) is 11.6 Å². The van der Waals surface area contributed by atoms with Gasteiger partial charge < -0.3 is 5.32 Å². The molecular weight excluding hydrogens is 254 g/mol. The van der Waals surface area contributed by atoms with E-state index in [-0.39, 0.29) is 12.2 Å². The number of benzene rings is 2. The molecule has 2 aromatic carbocycles. The van der Waals surface area contributed by atoms with E-state index < -0.39 is 22.2 Å². The summed E-state index contributed by atoms with van der Waals surface area (Å²) < 4.78 is 27.1. The van der Waals surface area contributed by atoms with Crippen LogP contribution in [-0.4, -0.2) is 4.92 Å². The second kappa shape index (κ2) is 5.43. The van der Waals surface area contributed by atoms with Crippen molar-refractivity contribution in [3.8, 4) is 0 Å². The van der Waals surface area contributed by atoms with E-state index >= 15 is 0 Å². The van der Waals surface area contributed by atoms with Crippen molar-refractivity contribution in [3.05, 3.63) is 69.8 Å². The zero-order valence-electron chi connectivity index (χ0n) is 9.77. The molecule has 1 N–H and O–H groups in total. The van der Waals surface area contributed by atoms with Gasteiger partial charge >= 0.3 is 0 Å². The summed E-state index contributed by atoms with van der Waals surface area (Å²) in [7, 11) is 0. The molecule has 0 saturated heterocycles. The topological polar surface area (TPSA) is 55.2 Å². The number of hydrogen-bond acceptors (Lipinski definition) is 3. The summed E-state index contributed by atoms with van der Waals surface area (Å²) >= 11 is 0. The van der Waals surface area contributed by atoms with Crippen LogP contribution in [0.5, 0.6) is 0 Å². The Kier molecular flexibility index (Phi) is 3.70. The minimum Gasteiger partial charge on any atom is -0.376 e. The lowest BCUT2D eigenvalue weighted by Crippen LogP contribution is -2.04. The molecule has 0 aliphatic rings. The molecule has 4 nitrogen and oxygen atoms in total. The minimum atomic E-state index is -0.984. The Morgan fingerprint density at radius 2 is 1.68 bits per heavy atom. The molecule has 0 fully saturated rings. The molecule has 0 amide bonds. The Morgan fingerprint density at radius 1 is 1.11 bits per heavy atom. The molecule has 19 heavy (non-hydrogen) atoms. The zero-order chi connectivity index (χ0) is 13.8. The maximum Gasteiger partial charge on any atom is 0.275 e. The molecule has 0 atom stereocenters. The Labute approximate surface area is 107 Å². The van der Waals surface area contributed by atoms with Crippen molar-refractivity contribution in [2.75, 3.05) is 5.32 Å². The van der Waals surface area contributed by atoms with Crippen LogP contribution in [0.1, 0.15) is 5.56 Å². The molecule has 0 spiro atoms. The number of halogens is 2. The SMILES string of the molecule is O=[N+]([O-])c1cc(F)c(NCc2ccccc2)c(F)c1. The Balaban J connectivity index is 2.19. The maximum absolute atomic E-state index is 13.6. The molecule has 2 aromatic rings. The second-order valence-corrected chi connectivity index (χ2v) is 3.88. The minimum absolute atomic E-state index is 0.229. The summed E-state index contributed by atoms with van der Waals surface area (Å²) in [6.07, 6.45) is 0. The second-order valence-electron chi connectivity index (χ2n) is 3.88. The van der Waals surface area contributed by atoms with E-state index in [0.29, 0.717) is 12.1 Å². The first-order valence-electron chi connectivity index (χ1n) is 5.49. The smallest absolute Gasteiger partial charge is 0.275 e. The van der Waals surface area contributed by atoms with Crippen LogP contribution in [0, 0.1) is 21.7 Å². The van der Waals surface area contributed by atoms with E-state index in [9.17, 15) is 18.9 Å². The molecule has 0 heterocycles. The molecule has 0 radical (unpaired) electrons. The van der Waals surface area contributed by atoms with Gasteiger partial charge in [-0.25, -0.2) is 8.78 Å². The first-order chi connectivity index (χ1) is 9.08. The highest BCUT2D eigenvalue weighted by Gasteiger charge is 2.16. The lowest BCUT2D eigenvalue weighted by molar-refractivity contribution is -0.385. The van der Waals surface area contributed by atoms with Crippen molar-refractivity contribution in [1.29, 1.82) is 0 Å². The molecular formula is C13H10F2N2O2. The van der Waals surface area contributed by atoms with Crippen molar-refractivity contribution >= 4 is 11.4 Å². The van der Waals surface area contributed by atoms with E-state index in [4.69, 9.17) is 0 Å². The van der Waals surface area contributed by atoms with Gasteiger partial charge in [-0.15, -0.1) is 0 Å². The molecule has 0 bridgehead atoms. The van der Waals surface area contributed by atoms with Gasteiger partial charge in [0, 0.05) is 6.54 Å². The van der Waals surface area contributed by atoms with Gasteiger partial charge in [-0.2, -0.15) is 0 Å². The number of nitrogens with zero attached hydrogens (tertiary/aromatic N) is 1. The number of nitro groups is 1. The summed E-state index contributed by atoms with van der Waals surface area (Å²) in [5.41, 5.74) is -0.130. The first-order valence-corrected chi connectivity index (χ1v) is 5.49. The number of rotatable bonds is 4. The largest absolute Gasteiger partial charge is 0.376 e. The van der Waals surface area contributed by atoms with Crippen LogP contribution < -0.4 is 5.32 Å². The molecule has 98 valence electrons. The molecule has 0 unspecified atom stereocenters. The maximum atomic E-state index is 13.6. The third-order valence-corrected chi connectivity index (χ3v) is 2.55. The van der Waals surface area contributed by atoms with Crippen molar-refractivity contribution in [3.63, 3.8) is 0 Å². The van der Waals surface area contributed by atoms with E-state index in [0.717, 1.165) is 5.56 Å². The van der Waals surface area contributed by atoms with Crippen molar-refractivity contribution in [2.24, 2.45) is 0 Å². The summed E-state index contributed by atoms with van der Waals surface area (Å²) in [4.78, 5) is 9.61. The summed E-state index contributed by atoms with van der Waals surface area (Å²) in [5.74, 6) is -1.97. The third-order valence-electron chi connectivity index (χ3n) is 2.55. The normalized spacial score (nSPS) is 10.2. The van der Waals surface area contributed by atoms with E-state index in [2.05, 4.69) is 5.32 Å². The van der Waals surface area contributed by atoms with Crippen LogP contribution in [0.25, 0.3) is 0 Å². The van der Waals surface area contributed by atoms with Crippen molar-refractivity contribution in [1.82, 2.24) is 0 Å². The van der Waals surface area contributed by atoms with Gasteiger partial charge in [-0.3, -0.25) is 10.1 Å². The predicted molar refractivity (Wildman–Crippen MR) is 66.8 cm³/mol.